The van der Waals surface area contributed by atoms with E-state index in [0.29, 0.717) is 21.8 Å². The maximum atomic E-state index is 12.1. The number of rotatable bonds is 5. The highest BCUT2D eigenvalue weighted by Gasteiger charge is 2.19. The molecule has 1 N–H and O–H groups in total. The predicted octanol–water partition coefficient (Wildman–Crippen LogP) is 3.74. The molecule has 24 heavy (non-hydrogen) atoms. The van der Waals surface area contributed by atoms with Crippen molar-refractivity contribution in [2.75, 3.05) is 13.1 Å². The summed E-state index contributed by atoms with van der Waals surface area (Å²) in [6, 6.07) is 5.42. The summed E-state index contributed by atoms with van der Waals surface area (Å²) in [6.45, 7) is 7.97. The molecular formula is C17H23Cl2N3O2. The van der Waals surface area contributed by atoms with E-state index in [2.05, 4.69) is 29.3 Å². The van der Waals surface area contributed by atoms with Crippen LogP contribution in [0.5, 0.6) is 5.75 Å². The molecule has 1 atom stereocenters. The van der Waals surface area contributed by atoms with Gasteiger partial charge >= 0.3 is 0 Å². The van der Waals surface area contributed by atoms with E-state index in [9.17, 15) is 4.79 Å². The lowest BCUT2D eigenvalue weighted by Crippen LogP contribution is -2.40. The van der Waals surface area contributed by atoms with Crippen LogP contribution in [0.2, 0.25) is 10.0 Å². The van der Waals surface area contributed by atoms with Gasteiger partial charge < -0.3 is 9.64 Å². The average Bonchev–Trinajstić information content (AvgIpc) is 2.55. The van der Waals surface area contributed by atoms with Gasteiger partial charge in [-0.15, -0.1) is 0 Å². The topological polar surface area (TPSA) is 53.9 Å². The van der Waals surface area contributed by atoms with Crippen LogP contribution in [0.3, 0.4) is 0 Å². The Morgan fingerprint density at radius 1 is 1.25 bits per heavy atom. The smallest absolute Gasteiger partial charge is 0.280 e. The summed E-state index contributed by atoms with van der Waals surface area (Å²) < 4.78 is 5.57. The van der Waals surface area contributed by atoms with Gasteiger partial charge in [0, 0.05) is 42.7 Å². The van der Waals surface area contributed by atoms with E-state index in [1.807, 2.05) is 0 Å². The summed E-state index contributed by atoms with van der Waals surface area (Å²) in [5.41, 5.74) is 3.59. The molecule has 1 saturated heterocycles. The number of piperidine rings is 1. The predicted molar refractivity (Wildman–Crippen MR) is 98.1 cm³/mol. The number of likely N-dealkylation sites (tertiary alicyclic amines) is 1. The number of ether oxygens (including phenoxy) is 1. The Hall–Kier alpha value is -1.30. The van der Waals surface area contributed by atoms with Crippen LogP contribution >= 0.6 is 23.2 Å². The van der Waals surface area contributed by atoms with E-state index < -0.39 is 6.10 Å². The van der Waals surface area contributed by atoms with Gasteiger partial charge in [0.05, 0.1) is 5.02 Å². The Morgan fingerprint density at radius 3 is 2.50 bits per heavy atom. The zero-order chi connectivity index (χ0) is 17.7. The van der Waals surface area contributed by atoms with Crippen LogP contribution < -0.4 is 10.2 Å². The Kier molecular flexibility index (Phi) is 6.90. The van der Waals surface area contributed by atoms with Gasteiger partial charge in [-0.3, -0.25) is 4.79 Å². The first kappa shape index (κ1) is 19.0. The van der Waals surface area contributed by atoms with Gasteiger partial charge in [0.15, 0.2) is 6.10 Å². The molecule has 2 rings (SSSR count). The second kappa shape index (κ2) is 8.70. The summed E-state index contributed by atoms with van der Waals surface area (Å²) in [6.07, 6.45) is 1.04. The van der Waals surface area contributed by atoms with Crippen molar-refractivity contribution in [3.63, 3.8) is 0 Å². The molecule has 1 aromatic carbocycles. The molecule has 1 heterocycles. The lowest BCUT2D eigenvalue weighted by atomic mass is 10.1. The lowest BCUT2D eigenvalue weighted by molar-refractivity contribution is -0.127. The van der Waals surface area contributed by atoms with Crippen molar-refractivity contribution < 1.29 is 9.53 Å². The molecule has 0 spiro atoms. The average molecular weight is 372 g/mol. The molecule has 0 radical (unpaired) electrons. The molecule has 1 aromatic rings. The minimum atomic E-state index is -0.705. The SMILES string of the molecule is CC(C)N1CCC(=NNC(=O)[C@H](C)Oc2ccc(Cl)cc2Cl)CC1. The van der Waals surface area contributed by atoms with E-state index in [1.165, 1.54) is 0 Å². The molecule has 0 bridgehead atoms. The van der Waals surface area contributed by atoms with Crippen LogP contribution in [0.25, 0.3) is 0 Å². The molecule has 132 valence electrons. The number of carbonyl (C=O) groups excluding carboxylic acids is 1. The molecule has 1 aliphatic heterocycles. The van der Waals surface area contributed by atoms with E-state index in [4.69, 9.17) is 27.9 Å². The maximum absolute atomic E-state index is 12.1. The minimum absolute atomic E-state index is 0.306. The Morgan fingerprint density at radius 2 is 1.92 bits per heavy atom. The molecule has 5 nitrogen and oxygen atoms in total. The fourth-order valence-corrected chi connectivity index (χ4v) is 2.90. The minimum Gasteiger partial charge on any atom is -0.479 e. The van der Waals surface area contributed by atoms with Gasteiger partial charge in [-0.1, -0.05) is 23.2 Å². The third-order valence-corrected chi connectivity index (χ3v) is 4.53. The zero-order valence-electron chi connectivity index (χ0n) is 14.2. The highest BCUT2D eigenvalue weighted by molar-refractivity contribution is 6.35. The van der Waals surface area contributed by atoms with Gasteiger partial charge in [0.1, 0.15) is 5.75 Å². The molecule has 7 heteroatoms. The molecule has 0 aromatic heterocycles. The van der Waals surface area contributed by atoms with Crippen LogP contribution in [0, 0.1) is 0 Å². The van der Waals surface area contributed by atoms with Crippen molar-refractivity contribution in [3.05, 3.63) is 28.2 Å². The fourth-order valence-electron chi connectivity index (χ4n) is 2.45. The number of hydrogen-bond donors (Lipinski definition) is 1. The highest BCUT2D eigenvalue weighted by Crippen LogP contribution is 2.28. The van der Waals surface area contributed by atoms with Crippen molar-refractivity contribution in [1.82, 2.24) is 10.3 Å². The number of benzene rings is 1. The first-order valence-electron chi connectivity index (χ1n) is 8.08. The first-order chi connectivity index (χ1) is 11.4. The van der Waals surface area contributed by atoms with Gasteiger partial charge in [-0.25, -0.2) is 5.43 Å². The zero-order valence-corrected chi connectivity index (χ0v) is 15.7. The third kappa shape index (κ3) is 5.36. The molecule has 0 saturated carbocycles. The number of nitrogens with zero attached hydrogens (tertiary/aromatic N) is 2. The summed E-state index contributed by atoms with van der Waals surface area (Å²) in [4.78, 5) is 14.5. The summed E-state index contributed by atoms with van der Waals surface area (Å²) in [7, 11) is 0. The molecule has 1 aliphatic rings. The molecule has 1 amide bonds. The van der Waals surface area contributed by atoms with Crippen LogP contribution in [0.4, 0.5) is 0 Å². The maximum Gasteiger partial charge on any atom is 0.280 e. The van der Waals surface area contributed by atoms with Gasteiger partial charge in [-0.05, 0) is 39.0 Å². The normalized spacial score (nSPS) is 16.8. The van der Waals surface area contributed by atoms with E-state index >= 15 is 0 Å². The Balaban J connectivity index is 1.85. The van der Waals surface area contributed by atoms with Crippen LogP contribution in [0.15, 0.2) is 23.3 Å². The fraction of sp³-hybridized carbons (Fsp3) is 0.529. The molecular weight excluding hydrogens is 349 g/mol. The number of carbonyl (C=O) groups is 1. The number of halogens is 2. The van der Waals surface area contributed by atoms with Gasteiger partial charge in [0.25, 0.3) is 5.91 Å². The summed E-state index contributed by atoms with van der Waals surface area (Å²) in [5.74, 6) is 0.112. The number of nitrogens with one attached hydrogen (secondary N) is 1. The van der Waals surface area contributed by atoms with Gasteiger partial charge in [-0.2, -0.15) is 5.10 Å². The summed E-state index contributed by atoms with van der Waals surface area (Å²) >= 11 is 11.9. The third-order valence-electron chi connectivity index (χ3n) is 4.00. The molecule has 0 aliphatic carbocycles. The summed E-state index contributed by atoms with van der Waals surface area (Å²) in [5, 5.41) is 5.12. The van der Waals surface area contributed by atoms with Crippen LogP contribution in [-0.4, -0.2) is 41.8 Å². The van der Waals surface area contributed by atoms with Gasteiger partial charge in [0.2, 0.25) is 0 Å². The van der Waals surface area contributed by atoms with Crippen molar-refractivity contribution in [3.8, 4) is 5.75 Å². The van der Waals surface area contributed by atoms with E-state index in [-0.39, 0.29) is 5.91 Å². The molecule has 1 fully saturated rings. The Bertz CT molecular complexity index is 610. The number of hydrogen-bond acceptors (Lipinski definition) is 4. The van der Waals surface area contributed by atoms with Crippen molar-refractivity contribution in [2.24, 2.45) is 5.10 Å². The van der Waals surface area contributed by atoms with Crippen molar-refractivity contribution in [1.29, 1.82) is 0 Å². The second-order valence-corrected chi connectivity index (χ2v) is 6.96. The first-order valence-corrected chi connectivity index (χ1v) is 8.83. The number of hydrazone groups is 1. The quantitative estimate of drug-likeness (QED) is 0.802. The second-order valence-electron chi connectivity index (χ2n) is 6.12. The van der Waals surface area contributed by atoms with Crippen molar-refractivity contribution >= 4 is 34.8 Å². The standard InChI is InChI=1S/C17H23Cl2N3O2/c1-11(2)22-8-6-14(7-9-22)20-21-17(23)12(3)24-16-5-4-13(18)10-15(16)19/h4-5,10-12H,6-9H2,1-3H3,(H,21,23)/t12-/m0/s1. The Labute approximate surface area is 152 Å². The van der Waals surface area contributed by atoms with Crippen LogP contribution in [0.1, 0.15) is 33.6 Å². The van der Waals surface area contributed by atoms with Crippen molar-refractivity contribution in [2.45, 2.75) is 45.8 Å². The largest absolute Gasteiger partial charge is 0.479 e. The monoisotopic (exact) mass is 371 g/mol. The molecule has 0 unspecified atom stereocenters. The number of amides is 1. The van der Waals surface area contributed by atoms with E-state index in [1.54, 1.807) is 25.1 Å². The van der Waals surface area contributed by atoms with Crippen LogP contribution in [-0.2, 0) is 4.79 Å². The lowest BCUT2D eigenvalue weighted by Gasteiger charge is -2.30. The highest BCUT2D eigenvalue weighted by atomic mass is 35.5. The van der Waals surface area contributed by atoms with E-state index in [0.717, 1.165) is 31.6 Å².